The normalized spacial score (nSPS) is 14.9. The van der Waals surface area contributed by atoms with Crippen molar-refractivity contribution >= 4 is 16.5 Å². The van der Waals surface area contributed by atoms with Crippen molar-refractivity contribution in [2.45, 2.75) is 13.0 Å². The molecule has 1 N–H and O–H groups in total. The summed E-state index contributed by atoms with van der Waals surface area (Å²) in [4.78, 5) is 5.80. The first-order chi connectivity index (χ1) is 13.8. The summed E-state index contributed by atoms with van der Waals surface area (Å²) in [7, 11) is 3.32. The van der Waals surface area contributed by atoms with Crippen LogP contribution < -0.4 is 9.47 Å². The molecule has 2 aromatic carbocycles. The van der Waals surface area contributed by atoms with Crippen molar-refractivity contribution in [3.8, 4) is 11.5 Å². The maximum atomic E-state index is 5.73. The summed E-state index contributed by atoms with van der Waals surface area (Å²) in [5.41, 5.74) is 5.04. The third-order valence-corrected chi connectivity index (χ3v) is 5.22. The Morgan fingerprint density at radius 2 is 2.00 bits per heavy atom. The van der Waals surface area contributed by atoms with E-state index in [-0.39, 0.29) is 6.79 Å². The number of fused-ring (bicyclic) bond motifs is 1. The van der Waals surface area contributed by atoms with Gasteiger partial charge in [0.2, 0.25) is 0 Å². The number of rotatable bonds is 7. The van der Waals surface area contributed by atoms with Gasteiger partial charge in [0.25, 0.3) is 0 Å². The van der Waals surface area contributed by atoms with E-state index in [2.05, 4.69) is 46.4 Å². The van der Waals surface area contributed by atoms with Crippen molar-refractivity contribution in [3.05, 3.63) is 65.9 Å². The average molecular weight is 378 g/mol. The van der Waals surface area contributed by atoms with Gasteiger partial charge in [0.15, 0.2) is 6.79 Å². The monoisotopic (exact) mass is 378 g/mol. The molecule has 0 atom stereocenters. The van der Waals surface area contributed by atoms with E-state index in [4.69, 9.17) is 14.2 Å². The molecule has 0 unspecified atom stereocenters. The smallest absolute Gasteiger partial charge is 0.188 e. The number of methoxy groups -OCH3 is 2. The molecule has 0 saturated carbocycles. The predicted octanol–water partition coefficient (Wildman–Crippen LogP) is 4.45. The fraction of sp³-hybridized carbons (Fsp3) is 0.304. The number of benzene rings is 2. The van der Waals surface area contributed by atoms with Gasteiger partial charge in [-0.15, -0.1) is 0 Å². The van der Waals surface area contributed by atoms with Crippen molar-refractivity contribution in [1.82, 2.24) is 9.88 Å². The number of nitrogens with zero attached hydrogens (tertiary/aromatic N) is 1. The van der Waals surface area contributed by atoms with Gasteiger partial charge in [0, 0.05) is 55.0 Å². The summed E-state index contributed by atoms with van der Waals surface area (Å²) >= 11 is 0. The Morgan fingerprint density at radius 3 is 2.79 bits per heavy atom. The van der Waals surface area contributed by atoms with Crippen LogP contribution in [0.3, 0.4) is 0 Å². The topological polar surface area (TPSA) is 46.7 Å². The Labute approximate surface area is 165 Å². The SMILES string of the molecule is COCOc1ccc(OC)cc1CN1CC=C(c2c[nH]c3ccccc23)CC1. The fourth-order valence-electron chi connectivity index (χ4n) is 3.75. The van der Waals surface area contributed by atoms with Crippen LogP contribution >= 0.6 is 0 Å². The molecule has 1 aromatic heterocycles. The van der Waals surface area contributed by atoms with Gasteiger partial charge < -0.3 is 19.2 Å². The van der Waals surface area contributed by atoms with Crippen molar-refractivity contribution in [1.29, 1.82) is 0 Å². The number of aromatic nitrogens is 1. The molecule has 4 rings (SSSR count). The molecule has 5 nitrogen and oxygen atoms in total. The summed E-state index contributed by atoms with van der Waals surface area (Å²) in [5, 5.41) is 1.30. The maximum absolute atomic E-state index is 5.73. The molecule has 2 heterocycles. The van der Waals surface area contributed by atoms with E-state index in [0.29, 0.717) is 0 Å². The molecule has 0 saturated heterocycles. The van der Waals surface area contributed by atoms with Crippen LogP contribution in [0.1, 0.15) is 17.5 Å². The largest absolute Gasteiger partial charge is 0.497 e. The second-order valence-corrected chi connectivity index (χ2v) is 6.99. The van der Waals surface area contributed by atoms with E-state index in [0.717, 1.165) is 43.1 Å². The minimum Gasteiger partial charge on any atom is -0.497 e. The lowest BCUT2D eigenvalue weighted by Crippen LogP contribution is -2.28. The number of ether oxygens (including phenoxy) is 3. The van der Waals surface area contributed by atoms with Crippen LogP contribution in [0.2, 0.25) is 0 Å². The van der Waals surface area contributed by atoms with E-state index >= 15 is 0 Å². The zero-order chi connectivity index (χ0) is 19.3. The van der Waals surface area contributed by atoms with Gasteiger partial charge in [-0.2, -0.15) is 0 Å². The van der Waals surface area contributed by atoms with Crippen LogP contribution in [0.15, 0.2) is 54.7 Å². The van der Waals surface area contributed by atoms with Crippen LogP contribution in [-0.4, -0.2) is 44.0 Å². The molecule has 0 spiro atoms. The quantitative estimate of drug-likeness (QED) is 0.617. The highest BCUT2D eigenvalue weighted by Gasteiger charge is 2.17. The highest BCUT2D eigenvalue weighted by Crippen LogP contribution is 2.31. The molecule has 1 aliphatic rings. The highest BCUT2D eigenvalue weighted by atomic mass is 16.7. The molecular weight excluding hydrogens is 352 g/mol. The number of hydrogen-bond acceptors (Lipinski definition) is 4. The van der Waals surface area contributed by atoms with Crippen molar-refractivity contribution < 1.29 is 14.2 Å². The average Bonchev–Trinajstić information content (AvgIpc) is 3.17. The Balaban J connectivity index is 1.49. The molecular formula is C23H26N2O3. The number of nitrogens with one attached hydrogen (secondary N) is 1. The molecule has 0 fully saturated rings. The maximum Gasteiger partial charge on any atom is 0.188 e. The molecule has 1 aliphatic heterocycles. The zero-order valence-corrected chi connectivity index (χ0v) is 16.4. The number of hydrogen-bond donors (Lipinski definition) is 1. The minimum absolute atomic E-state index is 0.240. The Kier molecular flexibility index (Phi) is 5.65. The van der Waals surface area contributed by atoms with Gasteiger partial charge >= 0.3 is 0 Å². The highest BCUT2D eigenvalue weighted by molar-refractivity contribution is 5.92. The van der Waals surface area contributed by atoms with E-state index in [1.54, 1.807) is 14.2 Å². The third-order valence-electron chi connectivity index (χ3n) is 5.22. The van der Waals surface area contributed by atoms with Gasteiger partial charge in [-0.3, -0.25) is 4.90 Å². The lowest BCUT2D eigenvalue weighted by molar-refractivity contribution is 0.0498. The van der Waals surface area contributed by atoms with Crippen molar-refractivity contribution in [2.75, 3.05) is 34.1 Å². The second kappa shape index (κ2) is 8.50. The van der Waals surface area contributed by atoms with Gasteiger partial charge in [0.1, 0.15) is 11.5 Å². The predicted molar refractivity (Wildman–Crippen MR) is 112 cm³/mol. The van der Waals surface area contributed by atoms with Crippen molar-refractivity contribution in [3.63, 3.8) is 0 Å². The first kappa shape index (κ1) is 18.6. The Bertz CT molecular complexity index is 977. The fourth-order valence-corrected chi connectivity index (χ4v) is 3.75. The van der Waals surface area contributed by atoms with Crippen LogP contribution in [0, 0.1) is 0 Å². The van der Waals surface area contributed by atoms with Crippen LogP contribution in [-0.2, 0) is 11.3 Å². The molecule has 0 bridgehead atoms. The standard InChI is InChI=1S/C23H26N2O3/c1-26-16-28-23-8-7-19(27-2)13-18(23)15-25-11-9-17(10-12-25)21-14-24-22-6-4-3-5-20(21)22/h3-9,13-14,24H,10-12,15-16H2,1-2H3. The van der Waals surface area contributed by atoms with Crippen LogP contribution in [0.25, 0.3) is 16.5 Å². The molecule has 0 aliphatic carbocycles. The lowest BCUT2D eigenvalue weighted by Gasteiger charge is -2.27. The van der Waals surface area contributed by atoms with Gasteiger partial charge in [-0.1, -0.05) is 24.3 Å². The summed E-state index contributed by atoms with van der Waals surface area (Å²) in [6.45, 7) is 2.97. The van der Waals surface area contributed by atoms with Gasteiger partial charge in [-0.05, 0) is 36.3 Å². The Hall–Kier alpha value is -2.76. The van der Waals surface area contributed by atoms with E-state index < -0.39 is 0 Å². The van der Waals surface area contributed by atoms with Gasteiger partial charge in [0.05, 0.1) is 7.11 Å². The lowest BCUT2D eigenvalue weighted by atomic mass is 9.98. The van der Waals surface area contributed by atoms with Gasteiger partial charge in [-0.25, -0.2) is 0 Å². The van der Waals surface area contributed by atoms with E-state index in [9.17, 15) is 0 Å². The first-order valence-electron chi connectivity index (χ1n) is 9.55. The number of H-pyrrole nitrogens is 1. The van der Waals surface area contributed by atoms with Crippen molar-refractivity contribution in [2.24, 2.45) is 0 Å². The zero-order valence-electron chi connectivity index (χ0n) is 16.4. The molecule has 3 aromatic rings. The second-order valence-electron chi connectivity index (χ2n) is 6.99. The molecule has 28 heavy (non-hydrogen) atoms. The summed E-state index contributed by atoms with van der Waals surface area (Å²) in [5.74, 6) is 1.68. The Morgan fingerprint density at radius 1 is 1.11 bits per heavy atom. The first-order valence-corrected chi connectivity index (χ1v) is 9.55. The van der Waals surface area contributed by atoms with E-state index in [1.165, 1.54) is 22.0 Å². The minimum atomic E-state index is 0.240. The number of aromatic amines is 1. The molecule has 0 amide bonds. The summed E-state index contributed by atoms with van der Waals surface area (Å²) in [6.07, 6.45) is 5.50. The molecule has 5 heteroatoms. The summed E-state index contributed by atoms with van der Waals surface area (Å²) in [6, 6.07) is 14.4. The molecule has 146 valence electrons. The number of para-hydroxylation sites is 1. The third kappa shape index (κ3) is 3.91. The van der Waals surface area contributed by atoms with E-state index in [1.807, 2.05) is 18.2 Å². The van der Waals surface area contributed by atoms with Crippen LogP contribution in [0.5, 0.6) is 11.5 Å². The molecule has 0 radical (unpaired) electrons. The van der Waals surface area contributed by atoms with Crippen LogP contribution in [0.4, 0.5) is 0 Å². The summed E-state index contributed by atoms with van der Waals surface area (Å²) < 4.78 is 16.2.